The van der Waals surface area contributed by atoms with Gasteiger partial charge in [0.05, 0.1) is 18.0 Å². The molecule has 0 aliphatic carbocycles. The summed E-state index contributed by atoms with van der Waals surface area (Å²) >= 11 is 6.08. The summed E-state index contributed by atoms with van der Waals surface area (Å²) < 4.78 is 8.00. The Labute approximate surface area is 219 Å². The third kappa shape index (κ3) is 7.18. The molecule has 1 aliphatic heterocycles. The molecule has 8 heteroatoms. The predicted molar refractivity (Wildman–Crippen MR) is 148 cm³/mol. The van der Waals surface area contributed by atoms with Crippen molar-refractivity contribution >= 4 is 17.3 Å². The number of hydrogen-bond donors (Lipinski definition) is 2. The average molecular weight is 509 g/mol. The zero-order chi connectivity index (χ0) is 25.9. The van der Waals surface area contributed by atoms with Crippen LogP contribution < -0.4 is 15.8 Å². The van der Waals surface area contributed by atoms with E-state index in [0.717, 1.165) is 65.7 Å². The lowest BCUT2D eigenvalue weighted by Gasteiger charge is -2.15. The molecule has 0 saturated heterocycles. The van der Waals surface area contributed by atoms with Crippen LogP contribution in [0.15, 0.2) is 59.2 Å². The largest absolute Gasteiger partial charge is 0.494 e. The first-order valence-corrected chi connectivity index (χ1v) is 13.0. The molecule has 3 aromatic rings. The summed E-state index contributed by atoms with van der Waals surface area (Å²) in [5.74, 6) is 2.46. The molecular weight excluding hydrogens is 472 g/mol. The summed E-state index contributed by atoms with van der Waals surface area (Å²) in [6, 6.07) is 13.8. The zero-order valence-electron chi connectivity index (χ0n) is 21.7. The van der Waals surface area contributed by atoms with Crippen molar-refractivity contribution < 1.29 is 4.74 Å². The molecule has 2 heterocycles. The summed E-state index contributed by atoms with van der Waals surface area (Å²) in [6.45, 7) is 11.1. The lowest BCUT2D eigenvalue weighted by molar-refractivity contribution is 0.308. The molecule has 0 unspecified atom stereocenters. The zero-order valence-corrected chi connectivity index (χ0v) is 22.5. The van der Waals surface area contributed by atoms with Crippen molar-refractivity contribution in [2.75, 3.05) is 19.7 Å². The van der Waals surface area contributed by atoms with Gasteiger partial charge in [-0.15, -0.1) is 10.2 Å². The van der Waals surface area contributed by atoms with Crippen molar-refractivity contribution in [1.29, 1.82) is 0 Å². The van der Waals surface area contributed by atoms with Crippen LogP contribution in [0, 0.1) is 6.92 Å². The van der Waals surface area contributed by atoms with Gasteiger partial charge < -0.3 is 15.8 Å². The Morgan fingerprint density at radius 2 is 1.92 bits per heavy atom. The number of ether oxygens (including phenoxy) is 1. The van der Waals surface area contributed by atoms with Crippen LogP contribution in [0.5, 0.6) is 5.75 Å². The lowest BCUT2D eigenvalue weighted by Crippen LogP contribution is -2.09. The van der Waals surface area contributed by atoms with Gasteiger partial charge in [0.15, 0.2) is 5.82 Å². The minimum Gasteiger partial charge on any atom is -0.494 e. The molecule has 0 bridgehead atoms. The van der Waals surface area contributed by atoms with Crippen LogP contribution in [0.25, 0.3) is 5.69 Å². The van der Waals surface area contributed by atoms with Crippen LogP contribution in [-0.4, -0.2) is 40.2 Å². The van der Waals surface area contributed by atoms with Gasteiger partial charge in [0.2, 0.25) is 0 Å². The number of halogens is 1. The second-order valence-electron chi connectivity index (χ2n) is 8.52. The average Bonchev–Trinajstić information content (AvgIpc) is 3.15. The van der Waals surface area contributed by atoms with Crippen molar-refractivity contribution in [3.63, 3.8) is 0 Å². The summed E-state index contributed by atoms with van der Waals surface area (Å²) in [4.78, 5) is 4.85. The number of hydrogen-bond acceptors (Lipinski definition) is 6. The van der Waals surface area contributed by atoms with E-state index in [2.05, 4.69) is 46.9 Å². The van der Waals surface area contributed by atoms with Gasteiger partial charge in [-0.2, -0.15) is 0 Å². The fourth-order valence-electron chi connectivity index (χ4n) is 3.99. The molecule has 0 saturated carbocycles. The van der Waals surface area contributed by atoms with E-state index in [1.165, 1.54) is 5.70 Å². The van der Waals surface area contributed by atoms with Crippen molar-refractivity contribution in [2.45, 2.75) is 53.5 Å². The fourth-order valence-corrected chi connectivity index (χ4v) is 4.12. The van der Waals surface area contributed by atoms with E-state index < -0.39 is 0 Å². The van der Waals surface area contributed by atoms with Crippen molar-refractivity contribution in [3.8, 4) is 11.4 Å². The van der Waals surface area contributed by atoms with E-state index >= 15 is 0 Å². The highest BCUT2D eigenvalue weighted by Gasteiger charge is 2.22. The Hall–Kier alpha value is -3.16. The molecule has 0 fully saturated rings. The smallest absolute Gasteiger partial charge is 0.159 e. The molecule has 0 radical (unpaired) electrons. The molecule has 1 aliphatic rings. The summed E-state index contributed by atoms with van der Waals surface area (Å²) in [5.41, 5.74) is 10.7. The number of fused-ring (bicyclic) bond motifs is 3. The SMILES string of the molecule is CC/C=C(/C)NCC.Cc1nnc2n1-c1ccc(OCCCCN)cc1C(c1ccc(Cl)cc1)=NC2. The maximum absolute atomic E-state index is 6.08. The minimum atomic E-state index is 0.459. The summed E-state index contributed by atoms with van der Waals surface area (Å²) in [7, 11) is 0. The third-order valence-corrected chi connectivity index (χ3v) is 5.94. The number of aliphatic imine (C=N–C) groups is 1. The summed E-state index contributed by atoms with van der Waals surface area (Å²) in [5, 5.41) is 12.4. The maximum Gasteiger partial charge on any atom is 0.159 e. The Morgan fingerprint density at radius 1 is 1.14 bits per heavy atom. The van der Waals surface area contributed by atoms with Crippen molar-refractivity contribution in [3.05, 3.63) is 82.0 Å². The Morgan fingerprint density at radius 3 is 2.61 bits per heavy atom. The van der Waals surface area contributed by atoms with Crippen LogP contribution in [-0.2, 0) is 6.54 Å². The Kier molecular flexibility index (Phi) is 10.5. The van der Waals surface area contributed by atoms with E-state index in [0.29, 0.717) is 24.7 Å². The first-order valence-electron chi connectivity index (χ1n) is 12.6. The van der Waals surface area contributed by atoms with Gasteiger partial charge in [-0.05, 0) is 76.9 Å². The van der Waals surface area contributed by atoms with Crippen LogP contribution in [0.1, 0.15) is 62.8 Å². The number of aromatic nitrogens is 3. The van der Waals surface area contributed by atoms with Gasteiger partial charge in [-0.25, -0.2) is 0 Å². The molecule has 0 atom stereocenters. The molecular formula is C28H37ClN6O. The van der Waals surface area contributed by atoms with Gasteiger partial charge >= 0.3 is 0 Å². The van der Waals surface area contributed by atoms with E-state index in [4.69, 9.17) is 27.1 Å². The standard InChI is InChI=1S/C21H22ClN5O.C7H15N/c1-14-25-26-20-13-24-21(15-4-6-16(22)7-5-15)18-12-17(28-11-3-2-10-23)8-9-19(18)27(14)20;1-4-6-7(3)8-5-2/h4-9,12H,2-3,10-11,13,23H2,1H3;6,8H,4-5H2,1-3H3/b;7-6-. The second-order valence-corrected chi connectivity index (χ2v) is 8.96. The second kappa shape index (κ2) is 13.8. The number of rotatable bonds is 9. The topological polar surface area (TPSA) is 90.3 Å². The quantitative estimate of drug-likeness (QED) is 0.367. The number of unbranched alkanes of at least 4 members (excludes halogenated alkanes) is 1. The van der Waals surface area contributed by atoms with Crippen LogP contribution in [0.2, 0.25) is 5.02 Å². The molecule has 7 nitrogen and oxygen atoms in total. The molecule has 1 aromatic heterocycles. The number of nitrogens with two attached hydrogens (primary N) is 1. The third-order valence-electron chi connectivity index (χ3n) is 5.69. The molecule has 36 heavy (non-hydrogen) atoms. The van der Waals surface area contributed by atoms with Gasteiger partial charge in [0, 0.05) is 28.4 Å². The van der Waals surface area contributed by atoms with Gasteiger partial charge in [-0.3, -0.25) is 9.56 Å². The first-order chi connectivity index (χ1) is 17.5. The van der Waals surface area contributed by atoms with Gasteiger partial charge in [-0.1, -0.05) is 36.7 Å². The monoisotopic (exact) mass is 508 g/mol. The molecule has 0 spiro atoms. The van der Waals surface area contributed by atoms with Crippen LogP contribution >= 0.6 is 11.6 Å². The van der Waals surface area contributed by atoms with E-state index in [9.17, 15) is 0 Å². The van der Waals surface area contributed by atoms with Crippen LogP contribution in [0.4, 0.5) is 0 Å². The van der Waals surface area contributed by atoms with Crippen LogP contribution in [0.3, 0.4) is 0 Å². The Balaban J connectivity index is 0.000000392. The number of aryl methyl sites for hydroxylation is 1. The maximum atomic E-state index is 6.08. The minimum absolute atomic E-state index is 0.459. The number of benzene rings is 2. The molecule has 2 aromatic carbocycles. The highest BCUT2D eigenvalue weighted by molar-refractivity contribution is 6.30. The highest BCUT2D eigenvalue weighted by atomic mass is 35.5. The predicted octanol–water partition coefficient (Wildman–Crippen LogP) is 5.61. The van der Waals surface area contributed by atoms with E-state index in [1.807, 2.05) is 49.4 Å². The number of allylic oxidation sites excluding steroid dienone is 2. The molecule has 4 rings (SSSR count). The van der Waals surface area contributed by atoms with Crippen molar-refractivity contribution in [2.24, 2.45) is 10.7 Å². The Bertz CT molecular complexity index is 1180. The van der Waals surface area contributed by atoms with Crippen molar-refractivity contribution in [1.82, 2.24) is 20.1 Å². The fraction of sp³-hybridized carbons (Fsp3) is 0.393. The number of nitrogens with zero attached hydrogens (tertiary/aromatic N) is 4. The number of nitrogens with one attached hydrogen (secondary N) is 1. The summed E-state index contributed by atoms with van der Waals surface area (Å²) in [6.07, 6.45) is 5.19. The highest BCUT2D eigenvalue weighted by Crippen LogP contribution is 2.29. The first kappa shape index (κ1) is 27.4. The normalized spacial score (nSPS) is 12.5. The van der Waals surface area contributed by atoms with E-state index in [1.54, 1.807) is 0 Å². The molecule has 192 valence electrons. The molecule has 0 amide bonds. The molecule has 3 N–H and O–H groups in total. The van der Waals surface area contributed by atoms with Gasteiger partial charge in [0.25, 0.3) is 0 Å². The van der Waals surface area contributed by atoms with E-state index in [-0.39, 0.29) is 0 Å². The lowest BCUT2D eigenvalue weighted by atomic mass is 10.00. The van der Waals surface area contributed by atoms with Gasteiger partial charge in [0.1, 0.15) is 18.1 Å².